The van der Waals surface area contributed by atoms with Crippen molar-refractivity contribution in [3.63, 3.8) is 0 Å². The van der Waals surface area contributed by atoms with Gasteiger partial charge in [-0.05, 0) is 25.3 Å². The van der Waals surface area contributed by atoms with Crippen molar-refractivity contribution < 1.29 is 9.63 Å². The van der Waals surface area contributed by atoms with Crippen LogP contribution < -0.4 is 0 Å². The molecule has 0 spiro atoms. The van der Waals surface area contributed by atoms with Gasteiger partial charge in [0.2, 0.25) is 5.89 Å². The SMILES string of the molecule is CC(SCC(O)c1ccccc1)c1nc(C2CC2)no1. The molecule has 1 aliphatic carbocycles. The maximum absolute atomic E-state index is 10.1. The number of nitrogens with zero attached hydrogens (tertiary/aromatic N) is 2. The number of thioether (sulfide) groups is 1. The van der Waals surface area contributed by atoms with Gasteiger partial charge in [-0.2, -0.15) is 4.98 Å². The van der Waals surface area contributed by atoms with Gasteiger partial charge in [0.25, 0.3) is 0 Å². The molecule has 5 heteroatoms. The first kappa shape index (κ1) is 13.6. The maximum atomic E-state index is 10.1. The molecule has 0 bridgehead atoms. The van der Waals surface area contributed by atoms with Crippen LogP contribution in [0.2, 0.25) is 0 Å². The van der Waals surface area contributed by atoms with Crippen LogP contribution in [0.25, 0.3) is 0 Å². The second-order valence-corrected chi connectivity index (χ2v) is 6.54. The van der Waals surface area contributed by atoms with E-state index >= 15 is 0 Å². The average molecular weight is 290 g/mol. The lowest BCUT2D eigenvalue weighted by atomic mass is 10.1. The minimum Gasteiger partial charge on any atom is -0.388 e. The Bertz CT molecular complexity index is 554. The zero-order valence-corrected chi connectivity index (χ0v) is 12.2. The summed E-state index contributed by atoms with van der Waals surface area (Å²) in [6.07, 6.45) is 1.88. The fourth-order valence-corrected chi connectivity index (χ4v) is 2.90. The summed E-state index contributed by atoms with van der Waals surface area (Å²) < 4.78 is 5.30. The normalized spacial score (nSPS) is 17.9. The summed E-state index contributed by atoms with van der Waals surface area (Å²) in [5, 5.41) is 14.3. The average Bonchev–Trinajstić information content (AvgIpc) is 3.22. The molecule has 0 aliphatic heterocycles. The molecule has 2 unspecified atom stereocenters. The van der Waals surface area contributed by atoms with Gasteiger partial charge in [-0.3, -0.25) is 0 Å². The summed E-state index contributed by atoms with van der Waals surface area (Å²) in [4.78, 5) is 4.44. The quantitative estimate of drug-likeness (QED) is 0.882. The summed E-state index contributed by atoms with van der Waals surface area (Å²) in [6.45, 7) is 2.03. The third-order valence-corrected chi connectivity index (χ3v) is 4.65. The molecule has 1 heterocycles. The van der Waals surface area contributed by atoms with Crippen molar-refractivity contribution in [1.82, 2.24) is 10.1 Å². The Morgan fingerprint density at radius 3 is 2.80 bits per heavy atom. The first-order chi connectivity index (χ1) is 9.74. The lowest BCUT2D eigenvalue weighted by molar-refractivity contribution is 0.204. The molecule has 20 heavy (non-hydrogen) atoms. The van der Waals surface area contributed by atoms with Gasteiger partial charge in [0.05, 0.1) is 11.4 Å². The van der Waals surface area contributed by atoms with E-state index in [9.17, 15) is 5.11 Å². The Balaban J connectivity index is 1.54. The molecule has 4 nitrogen and oxygen atoms in total. The van der Waals surface area contributed by atoms with E-state index in [0.717, 1.165) is 11.4 Å². The van der Waals surface area contributed by atoms with E-state index in [1.807, 2.05) is 37.3 Å². The lowest BCUT2D eigenvalue weighted by Crippen LogP contribution is -2.02. The second kappa shape index (κ2) is 5.97. The Hall–Kier alpha value is -1.33. The van der Waals surface area contributed by atoms with Gasteiger partial charge in [-0.15, -0.1) is 11.8 Å². The second-order valence-electron chi connectivity index (χ2n) is 5.17. The molecular weight excluding hydrogens is 272 g/mol. The van der Waals surface area contributed by atoms with E-state index in [2.05, 4.69) is 10.1 Å². The number of rotatable bonds is 6. The smallest absolute Gasteiger partial charge is 0.239 e. The number of aromatic nitrogens is 2. The van der Waals surface area contributed by atoms with Gasteiger partial charge in [-0.25, -0.2) is 0 Å². The molecule has 2 aromatic rings. The fraction of sp³-hybridized carbons (Fsp3) is 0.467. The fourth-order valence-electron chi connectivity index (χ4n) is 2.00. The minimum absolute atomic E-state index is 0.105. The monoisotopic (exact) mass is 290 g/mol. The highest BCUT2D eigenvalue weighted by atomic mass is 32.2. The van der Waals surface area contributed by atoms with Crippen molar-refractivity contribution in [3.05, 3.63) is 47.6 Å². The molecule has 1 aliphatic rings. The topological polar surface area (TPSA) is 59.2 Å². The van der Waals surface area contributed by atoms with Crippen LogP contribution in [0.3, 0.4) is 0 Å². The van der Waals surface area contributed by atoms with E-state index in [1.54, 1.807) is 11.8 Å². The van der Waals surface area contributed by atoms with Crippen LogP contribution in [-0.4, -0.2) is 21.0 Å². The van der Waals surface area contributed by atoms with Crippen molar-refractivity contribution in [2.75, 3.05) is 5.75 Å². The highest BCUT2D eigenvalue weighted by Crippen LogP contribution is 2.39. The maximum Gasteiger partial charge on any atom is 0.239 e. The Kier molecular flexibility index (Phi) is 4.08. The summed E-state index contributed by atoms with van der Waals surface area (Å²) in [5.41, 5.74) is 0.941. The molecule has 1 aromatic carbocycles. The highest BCUT2D eigenvalue weighted by molar-refractivity contribution is 7.99. The number of benzene rings is 1. The molecular formula is C15H18N2O2S. The number of aliphatic hydroxyl groups excluding tert-OH is 1. The van der Waals surface area contributed by atoms with E-state index in [4.69, 9.17) is 4.52 Å². The van der Waals surface area contributed by atoms with E-state index in [1.165, 1.54) is 12.8 Å². The first-order valence-corrected chi connectivity index (χ1v) is 7.97. The molecule has 1 fully saturated rings. The van der Waals surface area contributed by atoms with E-state index in [-0.39, 0.29) is 5.25 Å². The van der Waals surface area contributed by atoms with Crippen LogP contribution in [0.15, 0.2) is 34.9 Å². The van der Waals surface area contributed by atoms with Crippen molar-refractivity contribution in [3.8, 4) is 0 Å². The molecule has 0 saturated heterocycles. The molecule has 1 N–H and O–H groups in total. The number of hydrogen-bond acceptors (Lipinski definition) is 5. The molecule has 1 saturated carbocycles. The van der Waals surface area contributed by atoms with Crippen LogP contribution in [0.1, 0.15) is 54.3 Å². The summed E-state index contributed by atoms with van der Waals surface area (Å²) in [6, 6.07) is 9.70. The van der Waals surface area contributed by atoms with Crippen molar-refractivity contribution in [2.24, 2.45) is 0 Å². The third kappa shape index (κ3) is 3.22. The van der Waals surface area contributed by atoms with Gasteiger partial charge in [-0.1, -0.05) is 35.5 Å². The molecule has 1 aromatic heterocycles. The largest absolute Gasteiger partial charge is 0.388 e. The first-order valence-electron chi connectivity index (χ1n) is 6.92. The Morgan fingerprint density at radius 2 is 2.10 bits per heavy atom. The molecule has 0 amide bonds. The predicted octanol–water partition coefficient (Wildman–Crippen LogP) is 3.47. The van der Waals surface area contributed by atoms with Crippen LogP contribution in [0, 0.1) is 0 Å². The molecule has 3 rings (SSSR count). The third-order valence-electron chi connectivity index (χ3n) is 3.44. The van der Waals surface area contributed by atoms with Gasteiger partial charge >= 0.3 is 0 Å². The van der Waals surface area contributed by atoms with Crippen molar-refractivity contribution in [2.45, 2.75) is 37.0 Å². The lowest BCUT2D eigenvalue weighted by Gasteiger charge is -2.12. The van der Waals surface area contributed by atoms with Gasteiger partial charge in [0, 0.05) is 11.7 Å². The molecule has 0 radical (unpaired) electrons. The Morgan fingerprint density at radius 1 is 1.35 bits per heavy atom. The zero-order valence-electron chi connectivity index (χ0n) is 11.4. The Labute approximate surface area is 122 Å². The standard InChI is InChI=1S/C15H18N2O2S/c1-10(15-16-14(17-19-15)12-7-8-12)20-9-13(18)11-5-3-2-4-6-11/h2-6,10,12-13,18H,7-9H2,1H3. The molecule has 106 valence electrons. The zero-order chi connectivity index (χ0) is 13.9. The minimum atomic E-state index is -0.463. The summed E-state index contributed by atoms with van der Waals surface area (Å²) >= 11 is 1.63. The van der Waals surface area contributed by atoms with Crippen LogP contribution in [-0.2, 0) is 0 Å². The summed E-state index contributed by atoms with van der Waals surface area (Å²) in [5.74, 6) is 2.64. The van der Waals surface area contributed by atoms with E-state index in [0.29, 0.717) is 17.6 Å². The van der Waals surface area contributed by atoms with Gasteiger partial charge < -0.3 is 9.63 Å². The summed E-state index contributed by atoms with van der Waals surface area (Å²) in [7, 11) is 0. The highest BCUT2D eigenvalue weighted by Gasteiger charge is 2.29. The number of aliphatic hydroxyl groups is 1. The van der Waals surface area contributed by atoms with Crippen molar-refractivity contribution in [1.29, 1.82) is 0 Å². The predicted molar refractivity (Wildman–Crippen MR) is 78.5 cm³/mol. The van der Waals surface area contributed by atoms with E-state index < -0.39 is 6.10 Å². The molecule has 2 atom stereocenters. The van der Waals surface area contributed by atoms with Gasteiger partial charge in [0.15, 0.2) is 5.82 Å². The van der Waals surface area contributed by atoms with Crippen LogP contribution in [0.5, 0.6) is 0 Å². The van der Waals surface area contributed by atoms with Crippen LogP contribution in [0.4, 0.5) is 0 Å². The van der Waals surface area contributed by atoms with Crippen LogP contribution >= 0.6 is 11.8 Å². The number of hydrogen-bond donors (Lipinski definition) is 1. The van der Waals surface area contributed by atoms with Crippen molar-refractivity contribution >= 4 is 11.8 Å². The van der Waals surface area contributed by atoms with Gasteiger partial charge in [0.1, 0.15) is 0 Å².